The second-order valence-corrected chi connectivity index (χ2v) is 4.15. The first-order chi connectivity index (χ1) is 6.69. The highest BCUT2D eigenvalue weighted by molar-refractivity contribution is 5.73. The quantitative estimate of drug-likeness (QED) is 0.740. The van der Waals surface area contributed by atoms with Crippen molar-refractivity contribution in [2.24, 2.45) is 5.92 Å². The van der Waals surface area contributed by atoms with Crippen molar-refractivity contribution in [3.63, 3.8) is 0 Å². The van der Waals surface area contributed by atoms with Gasteiger partial charge in [0.2, 0.25) is 5.91 Å². The van der Waals surface area contributed by atoms with Gasteiger partial charge in [0.05, 0.1) is 0 Å². The van der Waals surface area contributed by atoms with Crippen molar-refractivity contribution < 1.29 is 4.79 Å². The molecule has 14 heavy (non-hydrogen) atoms. The minimum absolute atomic E-state index is 0.223. The van der Waals surface area contributed by atoms with Crippen LogP contribution in [0.25, 0.3) is 0 Å². The summed E-state index contributed by atoms with van der Waals surface area (Å²) in [7, 11) is 2.03. The van der Waals surface area contributed by atoms with Crippen molar-refractivity contribution in [1.29, 1.82) is 0 Å². The Morgan fingerprint density at radius 3 is 2.43 bits per heavy atom. The number of nitrogens with one attached hydrogen (secondary N) is 1. The third-order valence-electron chi connectivity index (χ3n) is 3.36. The van der Waals surface area contributed by atoms with Crippen molar-refractivity contribution in [1.82, 2.24) is 10.2 Å². The fourth-order valence-corrected chi connectivity index (χ4v) is 2.39. The number of piperidine rings is 1. The molecule has 1 rings (SSSR count). The van der Waals surface area contributed by atoms with E-state index in [1.807, 2.05) is 11.9 Å². The zero-order valence-corrected chi connectivity index (χ0v) is 9.55. The fourth-order valence-electron chi connectivity index (χ4n) is 2.39. The number of likely N-dealkylation sites (tertiary alicyclic amines) is 1. The molecule has 0 aromatic rings. The zero-order chi connectivity index (χ0) is 10.6. The van der Waals surface area contributed by atoms with Crippen LogP contribution in [0, 0.1) is 5.92 Å². The summed E-state index contributed by atoms with van der Waals surface area (Å²) in [4.78, 5) is 13.1. The second-order valence-electron chi connectivity index (χ2n) is 4.15. The number of hydrogen-bond acceptors (Lipinski definition) is 2. The van der Waals surface area contributed by atoms with Gasteiger partial charge in [0, 0.05) is 26.1 Å². The monoisotopic (exact) mass is 198 g/mol. The smallest absolute Gasteiger partial charge is 0.219 e. The minimum Gasteiger partial charge on any atom is -0.343 e. The highest BCUT2D eigenvalue weighted by Gasteiger charge is 2.25. The first kappa shape index (κ1) is 11.5. The van der Waals surface area contributed by atoms with Crippen LogP contribution in [0.4, 0.5) is 0 Å². The summed E-state index contributed by atoms with van der Waals surface area (Å²) in [6.45, 7) is 5.77. The van der Waals surface area contributed by atoms with E-state index in [0.29, 0.717) is 6.04 Å². The van der Waals surface area contributed by atoms with E-state index in [9.17, 15) is 4.79 Å². The lowest BCUT2D eigenvalue weighted by Crippen LogP contribution is -2.43. The average molecular weight is 198 g/mol. The van der Waals surface area contributed by atoms with Gasteiger partial charge in [0.25, 0.3) is 0 Å². The SMILES string of the molecule is CCC(NC)C1CCN(C(C)=O)CC1. The van der Waals surface area contributed by atoms with Crippen LogP contribution >= 0.6 is 0 Å². The Morgan fingerprint density at radius 2 is 2.07 bits per heavy atom. The zero-order valence-electron chi connectivity index (χ0n) is 9.55. The molecule has 1 fully saturated rings. The summed E-state index contributed by atoms with van der Waals surface area (Å²) in [5.41, 5.74) is 0. The normalized spacial score (nSPS) is 20.9. The van der Waals surface area contributed by atoms with Gasteiger partial charge < -0.3 is 10.2 Å². The van der Waals surface area contributed by atoms with E-state index in [-0.39, 0.29) is 5.91 Å². The van der Waals surface area contributed by atoms with Gasteiger partial charge in [-0.15, -0.1) is 0 Å². The standard InChI is InChI=1S/C11H22N2O/c1-4-11(12-3)10-5-7-13(8-6-10)9(2)14/h10-12H,4-8H2,1-3H3. The third-order valence-corrected chi connectivity index (χ3v) is 3.36. The summed E-state index contributed by atoms with van der Waals surface area (Å²) in [6.07, 6.45) is 3.49. The van der Waals surface area contributed by atoms with Gasteiger partial charge in [-0.25, -0.2) is 0 Å². The molecule has 0 aromatic carbocycles. The lowest BCUT2D eigenvalue weighted by molar-refractivity contribution is -0.130. The predicted molar refractivity (Wildman–Crippen MR) is 58.1 cm³/mol. The molecule has 0 aromatic heterocycles. The van der Waals surface area contributed by atoms with Gasteiger partial charge in [-0.3, -0.25) is 4.79 Å². The molecule has 1 N–H and O–H groups in total. The van der Waals surface area contributed by atoms with Crippen LogP contribution in [0.3, 0.4) is 0 Å². The molecule has 1 heterocycles. The topological polar surface area (TPSA) is 32.3 Å². The Kier molecular flexibility index (Phi) is 4.39. The molecule has 1 aliphatic rings. The predicted octanol–water partition coefficient (Wildman–Crippen LogP) is 1.24. The van der Waals surface area contributed by atoms with Crippen molar-refractivity contribution in [2.75, 3.05) is 20.1 Å². The average Bonchev–Trinajstić information content (AvgIpc) is 2.20. The first-order valence-electron chi connectivity index (χ1n) is 5.61. The van der Waals surface area contributed by atoms with Crippen molar-refractivity contribution >= 4 is 5.91 Å². The largest absolute Gasteiger partial charge is 0.343 e. The Bertz CT molecular complexity index is 182. The molecule has 0 aliphatic carbocycles. The minimum atomic E-state index is 0.223. The maximum atomic E-state index is 11.1. The lowest BCUT2D eigenvalue weighted by Gasteiger charge is -2.35. The van der Waals surface area contributed by atoms with Crippen LogP contribution in [0.5, 0.6) is 0 Å². The fraction of sp³-hybridized carbons (Fsp3) is 0.909. The molecule has 82 valence electrons. The number of nitrogens with zero attached hydrogens (tertiary/aromatic N) is 1. The van der Waals surface area contributed by atoms with Gasteiger partial charge >= 0.3 is 0 Å². The van der Waals surface area contributed by atoms with E-state index in [1.54, 1.807) is 6.92 Å². The number of carbonyl (C=O) groups is 1. The van der Waals surface area contributed by atoms with Gasteiger partial charge in [0.15, 0.2) is 0 Å². The molecule has 0 radical (unpaired) electrons. The summed E-state index contributed by atoms with van der Waals surface area (Å²) in [6, 6.07) is 0.629. The number of amides is 1. The molecular weight excluding hydrogens is 176 g/mol. The van der Waals surface area contributed by atoms with Crippen molar-refractivity contribution in [3.8, 4) is 0 Å². The highest BCUT2D eigenvalue weighted by Crippen LogP contribution is 2.22. The van der Waals surface area contributed by atoms with Gasteiger partial charge in [-0.05, 0) is 32.2 Å². The molecule has 1 amide bonds. The highest BCUT2D eigenvalue weighted by atomic mass is 16.2. The molecule has 0 spiro atoms. The second kappa shape index (κ2) is 5.35. The number of carbonyl (C=O) groups excluding carboxylic acids is 1. The van der Waals surface area contributed by atoms with E-state index in [2.05, 4.69) is 12.2 Å². The Labute approximate surface area is 86.9 Å². The molecule has 0 bridgehead atoms. The van der Waals surface area contributed by atoms with Crippen LogP contribution in [0.2, 0.25) is 0 Å². The van der Waals surface area contributed by atoms with E-state index >= 15 is 0 Å². The van der Waals surface area contributed by atoms with Crippen LogP contribution in [-0.2, 0) is 4.79 Å². The van der Waals surface area contributed by atoms with E-state index in [0.717, 1.165) is 31.8 Å². The van der Waals surface area contributed by atoms with Crippen LogP contribution < -0.4 is 5.32 Å². The Balaban J connectivity index is 2.38. The molecule has 1 atom stereocenters. The maximum absolute atomic E-state index is 11.1. The van der Waals surface area contributed by atoms with Crippen LogP contribution in [0.15, 0.2) is 0 Å². The summed E-state index contributed by atoms with van der Waals surface area (Å²) < 4.78 is 0. The molecular formula is C11H22N2O. The van der Waals surface area contributed by atoms with E-state index < -0.39 is 0 Å². The summed E-state index contributed by atoms with van der Waals surface area (Å²) in [5.74, 6) is 0.974. The van der Waals surface area contributed by atoms with E-state index in [1.165, 1.54) is 6.42 Å². The van der Waals surface area contributed by atoms with Crippen LogP contribution in [0.1, 0.15) is 33.1 Å². The summed E-state index contributed by atoms with van der Waals surface area (Å²) >= 11 is 0. The number of rotatable bonds is 3. The number of hydrogen-bond donors (Lipinski definition) is 1. The molecule has 0 saturated carbocycles. The molecule has 1 saturated heterocycles. The lowest BCUT2D eigenvalue weighted by atomic mass is 9.88. The third kappa shape index (κ3) is 2.71. The molecule has 3 heteroatoms. The summed E-state index contributed by atoms with van der Waals surface area (Å²) in [5, 5.41) is 3.36. The molecule has 1 aliphatic heterocycles. The van der Waals surface area contributed by atoms with E-state index in [4.69, 9.17) is 0 Å². The van der Waals surface area contributed by atoms with Crippen LogP contribution in [-0.4, -0.2) is 37.0 Å². The maximum Gasteiger partial charge on any atom is 0.219 e. The van der Waals surface area contributed by atoms with Gasteiger partial charge in [0.1, 0.15) is 0 Å². The Morgan fingerprint density at radius 1 is 1.50 bits per heavy atom. The molecule has 1 unspecified atom stereocenters. The first-order valence-corrected chi connectivity index (χ1v) is 5.61. The molecule has 3 nitrogen and oxygen atoms in total. The Hall–Kier alpha value is -0.570. The van der Waals surface area contributed by atoms with Gasteiger partial charge in [-0.2, -0.15) is 0 Å². The van der Waals surface area contributed by atoms with Crippen molar-refractivity contribution in [2.45, 2.75) is 39.2 Å². The van der Waals surface area contributed by atoms with Crippen molar-refractivity contribution in [3.05, 3.63) is 0 Å². The van der Waals surface area contributed by atoms with Gasteiger partial charge in [-0.1, -0.05) is 6.92 Å².